The number of fused-ring (bicyclic) bond motifs is 1. The van der Waals surface area contributed by atoms with E-state index in [-0.39, 0.29) is 18.5 Å². The number of nitrogens with two attached hydrogens (primary N) is 1. The van der Waals surface area contributed by atoms with Crippen molar-refractivity contribution in [1.29, 1.82) is 0 Å². The molecule has 0 fully saturated rings. The smallest absolute Gasteiger partial charge is 0.243 e. The molecule has 0 bridgehead atoms. The minimum Gasteiger partial charge on any atom is -0.490 e. The Hall–Kier alpha value is -1.60. The molecule has 1 unspecified atom stereocenters. The maximum absolute atomic E-state index is 13.1. The van der Waals surface area contributed by atoms with Crippen molar-refractivity contribution in [3.63, 3.8) is 0 Å². The number of ether oxygens (including phenoxy) is 1. The summed E-state index contributed by atoms with van der Waals surface area (Å²) in [7, 11) is -3.57. The van der Waals surface area contributed by atoms with Crippen molar-refractivity contribution < 1.29 is 13.2 Å². The molecule has 2 aromatic rings. The molecule has 142 valence electrons. The van der Waals surface area contributed by atoms with Gasteiger partial charge < -0.3 is 10.5 Å². The van der Waals surface area contributed by atoms with Crippen LogP contribution in [0.2, 0.25) is 0 Å². The summed E-state index contributed by atoms with van der Waals surface area (Å²) in [5.41, 5.74) is 7.71. The molecular formula is C19H25ClN2O3S. The predicted molar refractivity (Wildman–Crippen MR) is 105 cm³/mol. The number of hydrogen-bond donors (Lipinski definition) is 1. The Morgan fingerprint density at radius 1 is 1.15 bits per heavy atom. The normalized spacial score (nSPS) is 16.0. The molecule has 0 saturated carbocycles. The molecule has 0 amide bonds. The molecule has 0 aliphatic carbocycles. The van der Waals surface area contributed by atoms with Crippen LogP contribution in [0.4, 0.5) is 0 Å². The first-order valence-corrected chi connectivity index (χ1v) is 9.98. The van der Waals surface area contributed by atoms with Gasteiger partial charge >= 0.3 is 0 Å². The predicted octanol–water partition coefficient (Wildman–Crippen LogP) is 2.62. The van der Waals surface area contributed by atoms with Crippen molar-refractivity contribution >= 4 is 22.4 Å². The number of halogens is 1. The lowest BCUT2D eigenvalue weighted by molar-refractivity contribution is 0.254. The van der Waals surface area contributed by atoms with Gasteiger partial charge in [0.1, 0.15) is 11.9 Å². The molecule has 2 N–H and O–H groups in total. The Kier molecular flexibility index (Phi) is 7.06. The molecule has 2 aromatic carbocycles. The molecule has 3 rings (SSSR count). The van der Waals surface area contributed by atoms with Crippen molar-refractivity contribution in [2.75, 3.05) is 19.6 Å². The fourth-order valence-electron chi connectivity index (χ4n) is 3.10. The van der Waals surface area contributed by atoms with Gasteiger partial charge in [0.05, 0.1) is 4.90 Å². The quantitative estimate of drug-likeness (QED) is 0.780. The Bertz CT molecular complexity index is 828. The Morgan fingerprint density at radius 2 is 1.88 bits per heavy atom. The summed E-state index contributed by atoms with van der Waals surface area (Å²) in [6.07, 6.45) is 1.48. The van der Waals surface area contributed by atoms with Gasteiger partial charge in [0.15, 0.2) is 0 Å². The molecule has 5 nitrogen and oxygen atoms in total. The van der Waals surface area contributed by atoms with E-state index in [2.05, 4.69) is 0 Å². The summed E-state index contributed by atoms with van der Waals surface area (Å²) in [5.74, 6) is 0.779. The lowest BCUT2D eigenvalue weighted by Crippen LogP contribution is -2.37. The zero-order chi connectivity index (χ0) is 17.9. The van der Waals surface area contributed by atoms with Crippen molar-refractivity contribution in [2.45, 2.75) is 30.8 Å². The molecule has 0 aromatic heterocycles. The molecule has 1 atom stereocenters. The van der Waals surface area contributed by atoms with Gasteiger partial charge in [-0.1, -0.05) is 30.3 Å². The van der Waals surface area contributed by atoms with Crippen LogP contribution in [-0.2, 0) is 22.9 Å². The molecule has 0 spiro atoms. The van der Waals surface area contributed by atoms with Gasteiger partial charge in [-0.2, -0.15) is 4.31 Å². The standard InChI is InChI=1S/C19H24N2O3S.ClH/c1-15-13-17-14-18(7-8-19(17)24-15)25(22,23)21(12-10-20)11-9-16-5-3-2-4-6-16;/h2-8,14-15H,9-13,20H2,1H3;1H. The van der Waals surface area contributed by atoms with Gasteiger partial charge in [0, 0.05) is 26.1 Å². The third-order valence-electron chi connectivity index (χ3n) is 4.38. The Balaban J connectivity index is 0.00000243. The van der Waals surface area contributed by atoms with E-state index in [0.717, 1.165) is 23.3 Å². The van der Waals surface area contributed by atoms with Crippen LogP contribution in [0.5, 0.6) is 5.75 Å². The maximum atomic E-state index is 13.1. The number of hydrogen-bond acceptors (Lipinski definition) is 4. The highest BCUT2D eigenvalue weighted by Gasteiger charge is 2.27. The van der Waals surface area contributed by atoms with E-state index in [1.165, 1.54) is 4.31 Å². The largest absolute Gasteiger partial charge is 0.490 e. The minimum absolute atomic E-state index is 0. The van der Waals surface area contributed by atoms with Crippen LogP contribution in [-0.4, -0.2) is 38.5 Å². The fraction of sp³-hybridized carbons (Fsp3) is 0.368. The number of benzene rings is 2. The number of nitrogens with zero attached hydrogens (tertiary/aromatic N) is 1. The second kappa shape index (κ2) is 8.86. The topological polar surface area (TPSA) is 72.6 Å². The summed E-state index contributed by atoms with van der Waals surface area (Å²) >= 11 is 0. The second-order valence-corrected chi connectivity index (χ2v) is 8.27. The van der Waals surface area contributed by atoms with Crippen LogP contribution in [0.1, 0.15) is 18.1 Å². The van der Waals surface area contributed by atoms with Crippen LogP contribution >= 0.6 is 12.4 Å². The summed E-state index contributed by atoms with van der Waals surface area (Å²) in [5, 5.41) is 0. The van der Waals surface area contributed by atoms with Crippen LogP contribution in [0.15, 0.2) is 53.4 Å². The fourth-order valence-corrected chi connectivity index (χ4v) is 4.61. The molecule has 1 heterocycles. The average Bonchev–Trinajstić information content (AvgIpc) is 2.98. The molecular weight excluding hydrogens is 372 g/mol. The van der Waals surface area contributed by atoms with Gasteiger partial charge in [0.25, 0.3) is 0 Å². The second-order valence-electron chi connectivity index (χ2n) is 6.33. The first-order chi connectivity index (χ1) is 12.0. The van der Waals surface area contributed by atoms with Crippen LogP contribution in [0.25, 0.3) is 0 Å². The molecule has 7 heteroatoms. The highest BCUT2D eigenvalue weighted by molar-refractivity contribution is 7.89. The minimum atomic E-state index is -3.57. The Morgan fingerprint density at radius 3 is 2.58 bits per heavy atom. The Labute approximate surface area is 161 Å². The third kappa shape index (κ3) is 4.57. The first kappa shape index (κ1) is 20.7. The summed E-state index contributed by atoms with van der Waals surface area (Å²) in [4.78, 5) is 0.311. The van der Waals surface area contributed by atoms with E-state index in [4.69, 9.17) is 10.5 Å². The SMILES string of the molecule is CC1Cc2cc(S(=O)(=O)N(CCN)CCc3ccccc3)ccc2O1.Cl. The van der Waals surface area contributed by atoms with E-state index in [1.54, 1.807) is 18.2 Å². The molecule has 0 radical (unpaired) electrons. The van der Waals surface area contributed by atoms with E-state index < -0.39 is 10.0 Å². The summed E-state index contributed by atoms with van der Waals surface area (Å²) in [6.45, 7) is 2.99. The highest BCUT2D eigenvalue weighted by atomic mass is 35.5. The van der Waals surface area contributed by atoms with Gasteiger partial charge in [-0.25, -0.2) is 8.42 Å². The maximum Gasteiger partial charge on any atom is 0.243 e. The van der Waals surface area contributed by atoms with Gasteiger partial charge in [-0.3, -0.25) is 0 Å². The van der Waals surface area contributed by atoms with Crippen molar-refractivity contribution in [3.8, 4) is 5.75 Å². The van der Waals surface area contributed by atoms with E-state index in [0.29, 0.717) is 31.0 Å². The van der Waals surface area contributed by atoms with Crippen LogP contribution in [0, 0.1) is 0 Å². The van der Waals surface area contributed by atoms with Gasteiger partial charge in [-0.15, -0.1) is 12.4 Å². The van der Waals surface area contributed by atoms with Gasteiger partial charge in [0.2, 0.25) is 10.0 Å². The third-order valence-corrected chi connectivity index (χ3v) is 6.27. The van der Waals surface area contributed by atoms with Crippen molar-refractivity contribution in [2.24, 2.45) is 5.73 Å². The van der Waals surface area contributed by atoms with Crippen LogP contribution in [0.3, 0.4) is 0 Å². The molecule has 26 heavy (non-hydrogen) atoms. The van der Waals surface area contributed by atoms with E-state index in [9.17, 15) is 8.42 Å². The number of sulfonamides is 1. The van der Waals surface area contributed by atoms with Crippen molar-refractivity contribution in [3.05, 3.63) is 59.7 Å². The number of rotatable bonds is 7. The monoisotopic (exact) mass is 396 g/mol. The first-order valence-electron chi connectivity index (χ1n) is 8.54. The lowest BCUT2D eigenvalue weighted by atomic mass is 10.1. The summed E-state index contributed by atoms with van der Waals surface area (Å²) < 4.78 is 33.2. The average molecular weight is 397 g/mol. The zero-order valence-corrected chi connectivity index (χ0v) is 16.4. The summed E-state index contributed by atoms with van der Waals surface area (Å²) in [6, 6.07) is 15.0. The van der Waals surface area contributed by atoms with E-state index >= 15 is 0 Å². The van der Waals surface area contributed by atoms with Crippen molar-refractivity contribution in [1.82, 2.24) is 4.31 Å². The zero-order valence-electron chi connectivity index (χ0n) is 14.8. The molecule has 0 saturated heterocycles. The van der Waals surface area contributed by atoms with E-state index in [1.807, 2.05) is 37.3 Å². The highest BCUT2D eigenvalue weighted by Crippen LogP contribution is 2.31. The van der Waals surface area contributed by atoms with Gasteiger partial charge in [-0.05, 0) is 42.7 Å². The molecule has 1 aliphatic rings. The molecule has 1 aliphatic heterocycles. The van der Waals surface area contributed by atoms with Crippen LogP contribution < -0.4 is 10.5 Å². The lowest BCUT2D eigenvalue weighted by Gasteiger charge is -2.22.